The topological polar surface area (TPSA) is 53.3 Å². The van der Waals surface area contributed by atoms with Crippen molar-refractivity contribution in [3.8, 4) is 6.07 Å². The first kappa shape index (κ1) is 14.7. The van der Waals surface area contributed by atoms with Gasteiger partial charge in [0.25, 0.3) is 0 Å². The highest BCUT2D eigenvalue weighted by molar-refractivity contribution is 7.98. The molecule has 1 aliphatic heterocycles. The number of methoxy groups -OCH3 is 1. The molecule has 1 aliphatic rings. The second-order valence-corrected chi connectivity index (χ2v) is 5.83. The Kier molecular flexibility index (Phi) is 4.56. The minimum Gasteiger partial charge on any atom is -0.469 e. The van der Waals surface area contributed by atoms with Gasteiger partial charge in [-0.15, -0.1) is 11.8 Å². The molecule has 2 rings (SSSR count). The molecule has 0 aromatic heterocycles. The lowest BCUT2D eigenvalue weighted by Gasteiger charge is -2.20. The molecule has 1 heterocycles. The number of hydrogen-bond acceptors (Lipinski definition) is 5. The van der Waals surface area contributed by atoms with E-state index in [0.29, 0.717) is 12.1 Å². The predicted octanol–water partition coefficient (Wildman–Crippen LogP) is 2.53. The van der Waals surface area contributed by atoms with Gasteiger partial charge in [-0.2, -0.15) is 5.26 Å². The van der Waals surface area contributed by atoms with E-state index in [4.69, 9.17) is 4.74 Å². The van der Waals surface area contributed by atoms with Crippen molar-refractivity contribution in [2.75, 3.05) is 31.4 Å². The molecule has 106 valence electrons. The van der Waals surface area contributed by atoms with Gasteiger partial charge in [0.1, 0.15) is 6.07 Å². The van der Waals surface area contributed by atoms with Gasteiger partial charge in [0.2, 0.25) is 0 Å². The minimum atomic E-state index is -0.167. The molecule has 0 bridgehead atoms. The first-order valence-electron chi connectivity index (χ1n) is 6.52. The number of nitrogens with zero attached hydrogens (tertiary/aromatic N) is 2. The number of thioether (sulfide) groups is 1. The Morgan fingerprint density at radius 3 is 2.85 bits per heavy atom. The maximum absolute atomic E-state index is 11.8. The summed E-state index contributed by atoms with van der Waals surface area (Å²) in [4.78, 5) is 14.8. The molecule has 0 N–H and O–H groups in total. The normalized spacial score (nSPS) is 21.6. The Morgan fingerprint density at radius 2 is 2.25 bits per heavy atom. The van der Waals surface area contributed by atoms with E-state index >= 15 is 0 Å². The highest BCUT2D eigenvalue weighted by atomic mass is 32.2. The third-order valence-electron chi connectivity index (χ3n) is 3.79. The van der Waals surface area contributed by atoms with Gasteiger partial charge in [0.05, 0.1) is 24.3 Å². The van der Waals surface area contributed by atoms with E-state index in [1.807, 2.05) is 31.4 Å². The number of benzene rings is 1. The molecule has 0 amide bonds. The fourth-order valence-corrected chi connectivity index (χ4v) is 3.26. The number of carbonyl (C=O) groups is 1. The Balaban J connectivity index is 2.31. The molecule has 1 aromatic carbocycles. The van der Waals surface area contributed by atoms with Crippen LogP contribution in [0.25, 0.3) is 0 Å². The monoisotopic (exact) mass is 290 g/mol. The smallest absolute Gasteiger partial charge is 0.310 e. The van der Waals surface area contributed by atoms with Gasteiger partial charge in [-0.1, -0.05) is 13.0 Å². The Labute approximate surface area is 123 Å². The summed E-state index contributed by atoms with van der Waals surface area (Å²) in [5.74, 6) is -0.0593. The van der Waals surface area contributed by atoms with Crippen LogP contribution >= 0.6 is 11.8 Å². The van der Waals surface area contributed by atoms with Gasteiger partial charge >= 0.3 is 5.97 Å². The molecular formula is C15H18N2O2S. The van der Waals surface area contributed by atoms with Crippen molar-refractivity contribution < 1.29 is 9.53 Å². The molecule has 5 heteroatoms. The van der Waals surface area contributed by atoms with E-state index in [0.717, 1.165) is 17.1 Å². The van der Waals surface area contributed by atoms with Crippen molar-refractivity contribution >= 4 is 23.4 Å². The zero-order chi connectivity index (χ0) is 14.7. The van der Waals surface area contributed by atoms with Crippen LogP contribution in [0.5, 0.6) is 0 Å². The summed E-state index contributed by atoms with van der Waals surface area (Å²) in [6.45, 7) is 3.43. The average molecular weight is 290 g/mol. The van der Waals surface area contributed by atoms with Crippen LogP contribution in [0.1, 0.15) is 12.5 Å². The van der Waals surface area contributed by atoms with Crippen LogP contribution in [0.15, 0.2) is 23.1 Å². The maximum atomic E-state index is 11.8. The molecule has 2 unspecified atom stereocenters. The zero-order valence-electron chi connectivity index (χ0n) is 11.9. The number of hydrogen-bond donors (Lipinski definition) is 0. The second-order valence-electron chi connectivity index (χ2n) is 4.98. The quantitative estimate of drug-likeness (QED) is 0.632. The van der Waals surface area contributed by atoms with Gasteiger partial charge in [-0.05, 0) is 24.3 Å². The summed E-state index contributed by atoms with van der Waals surface area (Å²) in [5, 5.41) is 9.40. The summed E-state index contributed by atoms with van der Waals surface area (Å²) in [6.07, 6.45) is 1.96. The van der Waals surface area contributed by atoms with Crippen molar-refractivity contribution in [3.05, 3.63) is 23.8 Å². The summed E-state index contributed by atoms with van der Waals surface area (Å²) in [7, 11) is 1.42. The molecule has 2 atom stereocenters. The molecule has 4 nitrogen and oxygen atoms in total. The molecule has 0 aliphatic carbocycles. The van der Waals surface area contributed by atoms with E-state index in [-0.39, 0.29) is 17.8 Å². The largest absolute Gasteiger partial charge is 0.469 e. The number of anilines is 1. The zero-order valence-corrected chi connectivity index (χ0v) is 12.7. The van der Waals surface area contributed by atoms with E-state index in [9.17, 15) is 10.1 Å². The van der Waals surface area contributed by atoms with Crippen molar-refractivity contribution in [2.45, 2.75) is 11.8 Å². The average Bonchev–Trinajstić information content (AvgIpc) is 2.87. The van der Waals surface area contributed by atoms with E-state index in [1.165, 1.54) is 7.11 Å². The number of ether oxygens (including phenoxy) is 1. The summed E-state index contributed by atoms with van der Waals surface area (Å²) in [5.41, 5.74) is 1.61. The standard InChI is InChI=1S/C15H18N2O2S/c1-10-8-17(9-12(10)15(18)19-2)13-5-4-6-14(20-3)11(13)7-16/h4-6,10,12H,8-9H2,1-3H3. The Hall–Kier alpha value is -1.67. The molecule has 0 spiro atoms. The van der Waals surface area contributed by atoms with E-state index < -0.39 is 0 Å². The van der Waals surface area contributed by atoms with Crippen molar-refractivity contribution in [1.29, 1.82) is 5.26 Å². The van der Waals surface area contributed by atoms with Gasteiger partial charge < -0.3 is 9.64 Å². The highest BCUT2D eigenvalue weighted by Crippen LogP contribution is 2.34. The molecule has 20 heavy (non-hydrogen) atoms. The molecule has 1 aromatic rings. The minimum absolute atomic E-state index is 0.121. The SMILES string of the molecule is COC(=O)C1CN(c2cccc(SC)c2C#N)CC1C. The lowest BCUT2D eigenvalue weighted by Crippen LogP contribution is -2.24. The Bertz CT molecular complexity index is 553. The third-order valence-corrected chi connectivity index (χ3v) is 4.57. The van der Waals surface area contributed by atoms with Crippen LogP contribution in [-0.2, 0) is 9.53 Å². The predicted molar refractivity (Wildman–Crippen MR) is 79.8 cm³/mol. The van der Waals surface area contributed by atoms with Crippen LogP contribution in [-0.4, -0.2) is 32.4 Å². The summed E-state index contributed by atoms with van der Waals surface area (Å²) in [6, 6.07) is 8.14. The fraction of sp³-hybridized carbons (Fsp3) is 0.467. The van der Waals surface area contributed by atoms with Crippen LogP contribution in [0.2, 0.25) is 0 Å². The van der Waals surface area contributed by atoms with Gasteiger partial charge in [0, 0.05) is 18.0 Å². The number of carbonyl (C=O) groups excluding carboxylic acids is 1. The molecule has 0 radical (unpaired) electrons. The van der Waals surface area contributed by atoms with Gasteiger partial charge in [0.15, 0.2) is 0 Å². The van der Waals surface area contributed by atoms with E-state index in [1.54, 1.807) is 11.8 Å². The van der Waals surface area contributed by atoms with Crippen molar-refractivity contribution in [3.63, 3.8) is 0 Å². The number of rotatable bonds is 3. The number of esters is 1. The lowest BCUT2D eigenvalue weighted by molar-refractivity contribution is -0.145. The van der Waals surface area contributed by atoms with Crippen LogP contribution in [0.3, 0.4) is 0 Å². The summed E-state index contributed by atoms with van der Waals surface area (Å²) >= 11 is 1.56. The first-order chi connectivity index (χ1) is 9.62. The molecule has 0 saturated carbocycles. The second kappa shape index (κ2) is 6.19. The molecular weight excluding hydrogens is 272 g/mol. The molecule has 1 saturated heterocycles. The van der Waals surface area contributed by atoms with Gasteiger partial charge in [-0.25, -0.2) is 0 Å². The Morgan fingerprint density at radius 1 is 1.50 bits per heavy atom. The first-order valence-corrected chi connectivity index (χ1v) is 7.74. The highest BCUT2D eigenvalue weighted by Gasteiger charge is 2.36. The molecule has 1 fully saturated rings. The van der Waals surface area contributed by atoms with Crippen molar-refractivity contribution in [1.82, 2.24) is 0 Å². The van der Waals surface area contributed by atoms with Gasteiger partial charge in [-0.3, -0.25) is 4.79 Å². The van der Waals surface area contributed by atoms with Crippen molar-refractivity contribution in [2.24, 2.45) is 11.8 Å². The van der Waals surface area contributed by atoms with Crippen LogP contribution in [0, 0.1) is 23.2 Å². The maximum Gasteiger partial charge on any atom is 0.310 e. The van der Waals surface area contributed by atoms with Crippen LogP contribution in [0.4, 0.5) is 5.69 Å². The fourth-order valence-electron chi connectivity index (χ4n) is 2.69. The third kappa shape index (κ3) is 2.61. The van der Waals surface area contributed by atoms with Crippen LogP contribution < -0.4 is 4.90 Å². The number of nitriles is 1. The summed E-state index contributed by atoms with van der Waals surface area (Å²) < 4.78 is 4.86. The van der Waals surface area contributed by atoms with E-state index in [2.05, 4.69) is 11.0 Å². The lowest BCUT2D eigenvalue weighted by atomic mass is 9.99.